The lowest BCUT2D eigenvalue weighted by Crippen LogP contribution is -2.52. The van der Waals surface area contributed by atoms with Gasteiger partial charge in [0.05, 0.1) is 40.5 Å². The molecule has 4 aromatic carbocycles. The normalized spacial score (nSPS) is 17.6. The average molecular weight is 1030 g/mol. The van der Waals surface area contributed by atoms with E-state index in [1.807, 2.05) is 89.6 Å². The number of aryl methyl sites for hydroxylation is 2. The van der Waals surface area contributed by atoms with E-state index in [9.17, 15) is 29.1 Å². The number of carboxylic acid groups (broad SMARTS) is 1. The molecule has 3 aromatic heterocycles. The van der Waals surface area contributed by atoms with Crippen LogP contribution in [0.4, 0.5) is 16.6 Å². The van der Waals surface area contributed by atoms with Crippen LogP contribution in [0.2, 0.25) is 0 Å². The van der Waals surface area contributed by atoms with Crippen LogP contribution in [0.1, 0.15) is 86.8 Å². The first-order chi connectivity index (χ1) is 36.5. The number of carboxylic acids is 1. The van der Waals surface area contributed by atoms with Gasteiger partial charge in [-0.15, -0.1) is 0 Å². The molecule has 4 amide bonds. The number of hydrogen-bond donors (Lipinski definition) is 3. The van der Waals surface area contributed by atoms with Gasteiger partial charge in [-0.2, -0.15) is 5.10 Å². The van der Waals surface area contributed by atoms with Gasteiger partial charge in [-0.05, 0) is 141 Å². The summed E-state index contributed by atoms with van der Waals surface area (Å²) in [4.78, 5) is 81.7. The van der Waals surface area contributed by atoms with Crippen LogP contribution >= 0.6 is 11.3 Å². The number of carbonyl (C=O) groups excluding carboxylic acids is 4. The molecule has 3 N–H and O–H groups in total. The minimum atomic E-state index is -1.08. The molecule has 4 aliphatic heterocycles. The van der Waals surface area contributed by atoms with E-state index in [1.54, 1.807) is 4.68 Å². The fraction of sp³-hybridized carbons (Fsp3) is 0.368. The molecule has 1 unspecified atom stereocenters. The van der Waals surface area contributed by atoms with Crippen molar-refractivity contribution in [2.75, 3.05) is 74.1 Å². The van der Waals surface area contributed by atoms with E-state index in [4.69, 9.17) is 4.74 Å². The van der Waals surface area contributed by atoms with Crippen molar-refractivity contribution in [3.63, 3.8) is 0 Å². The number of para-hydroxylation sites is 1. The van der Waals surface area contributed by atoms with Crippen LogP contribution in [-0.4, -0.2) is 123 Å². The smallest absolute Gasteiger partial charge is 0.354 e. The third-order valence-electron chi connectivity index (χ3n) is 15.3. The van der Waals surface area contributed by atoms with Gasteiger partial charge in [-0.1, -0.05) is 53.8 Å². The number of amides is 4. The molecule has 0 spiro atoms. The lowest BCUT2D eigenvalue weighted by molar-refractivity contribution is -0.135. The summed E-state index contributed by atoms with van der Waals surface area (Å²) in [6.07, 6.45) is 5.62. The molecular formula is C57H60N10O7S. The molecule has 0 bridgehead atoms. The zero-order valence-corrected chi connectivity index (χ0v) is 42.8. The number of carbonyl (C=O) groups is 5. The molecule has 18 heteroatoms. The van der Waals surface area contributed by atoms with Crippen LogP contribution in [0.3, 0.4) is 0 Å². The van der Waals surface area contributed by atoms with Crippen molar-refractivity contribution in [3.8, 4) is 5.75 Å². The largest absolute Gasteiger partial charge is 0.494 e. The summed E-state index contributed by atoms with van der Waals surface area (Å²) in [5, 5.41) is 21.8. The van der Waals surface area contributed by atoms with Gasteiger partial charge in [-0.3, -0.25) is 39.4 Å². The predicted octanol–water partition coefficient (Wildman–Crippen LogP) is 7.23. The van der Waals surface area contributed by atoms with Crippen LogP contribution < -0.4 is 25.2 Å². The number of aromatic nitrogens is 4. The van der Waals surface area contributed by atoms with Gasteiger partial charge >= 0.3 is 5.97 Å². The Balaban J connectivity index is 0.603. The number of imide groups is 1. The first kappa shape index (κ1) is 49.5. The highest BCUT2D eigenvalue weighted by Crippen LogP contribution is 2.34. The monoisotopic (exact) mass is 1030 g/mol. The SMILES string of the molecule is Cn1nc(C2CCC(=O)NC2=O)c2ccc(N3CCN(C(=O)CN4CCC(Cc5ccc(OCCCc6ccc(N7CCc8cccc(C(=O)Nc9nc%10ccccc%10s9)c8C7)nc6C(=O)O)cc5)CC4)CC3)cc21. The summed E-state index contributed by atoms with van der Waals surface area (Å²) in [6, 6.07) is 31.7. The number of anilines is 3. The van der Waals surface area contributed by atoms with Crippen molar-refractivity contribution in [2.45, 2.75) is 63.8 Å². The van der Waals surface area contributed by atoms with E-state index in [0.717, 1.165) is 89.1 Å². The fourth-order valence-electron chi connectivity index (χ4n) is 11.2. The van der Waals surface area contributed by atoms with E-state index >= 15 is 0 Å². The van der Waals surface area contributed by atoms with Crippen molar-refractivity contribution < 1.29 is 33.8 Å². The molecule has 75 heavy (non-hydrogen) atoms. The highest BCUT2D eigenvalue weighted by atomic mass is 32.1. The highest BCUT2D eigenvalue weighted by Gasteiger charge is 2.33. The number of pyridine rings is 1. The molecule has 1 atom stereocenters. The second kappa shape index (κ2) is 21.6. The van der Waals surface area contributed by atoms with Crippen LogP contribution in [0.25, 0.3) is 21.1 Å². The van der Waals surface area contributed by atoms with Crippen molar-refractivity contribution in [1.82, 2.24) is 34.9 Å². The van der Waals surface area contributed by atoms with Gasteiger partial charge in [0.25, 0.3) is 5.91 Å². The quantitative estimate of drug-likeness (QED) is 0.0689. The Bertz CT molecular complexity index is 3270. The second-order valence-electron chi connectivity index (χ2n) is 20.1. The van der Waals surface area contributed by atoms with Gasteiger partial charge in [0.1, 0.15) is 11.6 Å². The van der Waals surface area contributed by atoms with Crippen LogP contribution in [0, 0.1) is 5.92 Å². The summed E-state index contributed by atoms with van der Waals surface area (Å²) in [5.74, 6) is -0.225. The van der Waals surface area contributed by atoms with E-state index in [2.05, 4.69) is 59.8 Å². The molecule has 386 valence electrons. The number of piperazine rings is 1. The summed E-state index contributed by atoms with van der Waals surface area (Å²) in [6.45, 7) is 6.51. The number of fused-ring (bicyclic) bond motifs is 3. The molecule has 0 saturated carbocycles. The maximum Gasteiger partial charge on any atom is 0.354 e. The maximum atomic E-state index is 13.6. The van der Waals surface area contributed by atoms with Crippen molar-refractivity contribution in [1.29, 1.82) is 0 Å². The Morgan fingerprint density at radius 2 is 1.65 bits per heavy atom. The van der Waals surface area contributed by atoms with Crippen LogP contribution in [-0.2, 0) is 47.2 Å². The Hall–Kier alpha value is -7.70. The molecule has 4 aliphatic rings. The standard InChI is InChI=1S/C57H60N10O7S/c1-63-47-33-40(14-17-43(47)53(62-63)44-18-20-50(68)60-55(44)71)65-27-29-66(30-28-65)51(69)35-64-24-21-37(22-25-64)32-36-11-15-41(16-12-36)74-31-5-7-39-13-19-49(59-52(39)56(72)73)67-26-23-38-6-4-8-42(45(38)34-67)54(70)61-57-58-46-9-2-3-10-48(46)75-57/h2-4,6,8-17,19,33,37,44H,5,7,18,20-32,34-35H2,1H3,(H,72,73)(H,58,61,70)(H,60,68,71). The van der Waals surface area contributed by atoms with Crippen LogP contribution in [0.5, 0.6) is 5.75 Å². The van der Waals surface area contributed by atoms with Gasteiger partial charge < -0.3 is 24.5 Å². The van der Waals surface area contributed by atoms with Gasteiger partial charge in [0.2, 0.25) is 17.7 Å². The number of nitrogens with zero attached hydrogens (tertiary/aromatic N) is 8. The number of benzene rings is 4. The number of rotatable bonds is 15. The van der Waals surface area contributed by atoms with Gasteiger partial charge in [0.15, 0.2) is 10.8 Å². The van der Waals surface area contributed by atoms with E-state index in [1.165, 1.54) is 16.9 Å². The molecule has 3 saturated heterocycles. The number of ether oxygens (including phenoxy) is 1. The first-order valence-electron chi connectivity index (χ1n) is 26.0. The number of piperidine rings is 2. The highest BCUT2D eigenvalue weighted by molar-refractivity contribution is 7.22. The Morgan fingerprint density at radius 3 is 2.44 bits per heavy atom. The third kappa shape index (κ3) is 10.9. The number of aromatic carboxylic acids is 1. The molecule has 17 nitrogen and oxygen atoms in total. The molecule has 0 aliphatic carbocycles. The molecule has 0 radical (unpaired) electrons. The first-order valence-corrected chi connectivity index (χ1v) is 26.8. The Labute approximate surface area is 438 Å². The lowest BCUT2D eigenvalue weighted by atomic mass is 9.90. The molecule has 7 heterocycles. The maximum absolute atomic E-state index is 13.6. The minimum absolute atomic E-state index is 0.0273. The second-order valence-corrected chi connectivity index (χ2v) is 21.2. The number of likely N-dealkylation sites (tertiary alicyclic amines) is 1. The summed E-state index contributed by atoms with van der Waals surface area (Å²) < 4.78 is 8.91. The Kier molecular flexibility index (Phi) is 14.3. The van der Waals surface area contributed by atoms with E-state index in [0.29, 0.717) is 105 Å². The molecule has 11 rings (SSSR count). The summed E-state index contributed by atoms with van der Waals surface area (Å²) in [7, 11) is 1.88. The number of thiazole rings is 1. The summed E-state index contributed by atoms with van der Waals surface area (Å²) in [5.41, 5.74) is 8.02. The number of nitrogens with one attached hydrogen (secondary N) is 2. The van der Waals surface area contributed by atoms with Crippen molar-refractivity contribution in [3.05, 3.63) is 136 Å². The average Bonchev–Trinajstić information content (AvgIpc) is 4.00. The number of hydrogen-bond acceptors (Lipinski definition) is 13. The summed E-state index contributed by atoms with van der Waals surface area (Å²) >= 11 is 1.43. The van der Waals surface area contributed by atoms with E-state index in [-0.39, 0.29) is 29.3 Å². The third-order valence-corrected chi connectivity index (χ3v) is 16.3. The predicted molar refractivity (Wildman–Crippen MR) is 288 cm³/mol. The van der Waals surface area contributed by atoms with E-state index < -0.39 is 11.9 Å². The lowest BCUT2D eigenvalue weighted by Gasteiger charge is -2.38. The zero-order chi connectivity index (χ0) is 51.6. The van der Waals surface area contributed by atoms with Crippen LogP contribution in [0.15, 0.2) is 97.1 Å². The van der Waals surface area contributed by atoms with Gasteiger partial charge in [-0.25, -0.2) is 14.8 Å². The van der Waals surface area contributed by atoms with Gasteiger partial charge in [0, 0.05) is 69.4 Å². The fourth-order valence-corrected chi connectivity index (χ4v) is 12.0. The Morgan fingerprint density at radius 1 is 0.840 bits per heavy atom. The topological polar surface area (TPSA) is 195 Å². The minimum Gasteiger partial charge on any atom is -0.494 e. The molecule has 7 aromatic rings. The molecule has 3 fully saturated rings. The molecular weight excluding hydrogens is 969 g/mol. The van der Waals surface area contributed by atoms with Crippen molar-refractivity contribution >= 4 is 78.7 Å². The zero-order valence-electron chi connectivity index (χ0n) is 42.0. The van der Waals surface area contributed by atoms with Crippen molar-refractivity contribution in [2.24, 2.45) is 13.0 Å².